The molecule has 0 bridgehead atoms. The van der Waals surface area contributed by atoms with Gasteiger partial charge in [-0.2, -0.15) is 0 Å². The van der Waals surface area contributed by atoms with E-state index in [1.54, 1.807) is 10.9 Å². The third kappa shape index (κ3) is 2.13. The summed E-state index contributed by atoms with van der Waals surface area (Å²) in [5, 5.41) is 7.73. The maximum Gasteiger partial charge on any atom is 0.128 e. The van der Waals surface area contributed by atoms with E-state index in [1.165, 1.54) is 19.3 Å². The van der Waals surface area contributed by atoms with Gasteiger partial charge in [-0.25, -0.2) is 9.67 Å². The van der Waals surface area contributed by atoms with Crippen molar-refractivity contribution in [3.63, 3.8) is 0 Å². The second-order valence-electron chi connectivity index (χ2n) is 4.27. The minimum Gasteiger partial charge on any atom is -0.357 e. The molecule has 1 saturated heterocycles. The van der Waals surface area contributed by atoms with Crippen molar-refractivity contribution in [2.24, 2.45) is 0 Å². The molecule has 2 aromatic rings. The molecular weight excluding hydrogens is 214 g/mol. The van der Waals surface area contributed by atoms with E-state index >= 15 is 0 Å². The van der Waals surface area contributed by atoms with Gasteiger partial charge in [-0.15, -0.1) is 5.10 Å². The average Bonchev–Trinajstić information content (AvgIpc) is 2.94. The number of nitrogens with zero attached hydrogens (tertiary/aromatic N) is 5. The van der Waals surface area contributed by atoms with Gasteiger partial charge in [-0.1, -0.05) is 5.21 Å². The molecule has 0 N–H and O–H groups in total. The lowest BCUT2D eigenvalue weighted by atomic mass is 10.1. The largest absolute Gasteiger partial charge is 0.357 e. The van der Waals surface area contributed by atoms with Gasteiger partial charge in [0.2, 0.25) is 0 Å². The fourth-order valence-corrected chi connectivity index (χ4v) is 2.17. The van der Waals surface area contributed by atoms with E-state index in [0.29, 0.717) is 0 Å². The van der Waals surface area contributed by atoms with Crippen LogP contribution in [-0.4, -0.2) is 33.1 Å². The van der Waals surface area contributed by atoms with Crippen LogP contribution in [0.3, 0.4) is 0 Å². The summed E-state index contributed by atoms with van der Waals surface area (Å²) in [6.45, 7) is 2.24. The van der Waals surface area contributed by atoms with E-state index < -0.39 is 0 Å². The molecule has 3 rings (SSSR count). The van der Waals surface area contributed by atoms with Crippen LogP contribution in [0.4, 0.5) is 5.82 Å². The molecule has 0 spiro atoms. The van der Waals surface area contributed by atoms with Crippen LogP contribution in [0.2, 0.25) is 0 Å². The highest BCUT2D eigenvalue weighted by atomic mass is 15.4. The summed E-state index contributed by atoms with van der Waals surface area (Å²) < 4.78 is 1.72. The van der Waals surface area contributed by atoms with Gasteiger partial charge in [-0.05, 0) is 31.4 Å². The maximum atomic E-state index is 4.50. The Bertz CT molecular complexity index is 456. The molecule has 1 aliphatic rings. The summed E-state index contributed by atoms with van der Waals surface area (Å²) in [5.41, 5.74) is 0.947. The molecule has 0 amide bonds. The van der Waals surface area contributed by atoms with E-state index in [-0.39, 0.29) is 0 Å². The van der Waals surface area contributed by atoms with Crippen LogP contribution >= 0.6 is 0 Å². The van der Waals surface area contributed by atoms with Crippen LogP contribution in [0.15, 0.2) is 30.7 Å². The second-order valence-corrected chi connectivity index (χ2v) is 4.27. The zero-order chi connectivity index (χ0) is 11.5. The van der Waals surface area contributed by atoms with Gasteiger partial charge in [0.15, 0.2) is 0 Å². The summed E-state index contributed by atoms with van der Waals surface area (Å²) in [5.74, 6) is 1.06. The van der Waals surface area contributed by atoms with Crippen molar-refractivity contribution in [2.75, 3.05) is 18.0 Å². The lowest BCUT2D eigenvalue weighted by molar-refractivity contribution is 0.573. The summed E-state index contributed by atoms with van der Waals surface area (Å²) >= 11 is 0. The number of hydrogen-bond donors (Lipinski definition) is 0. The summed E-state index contributed by atoms with van der Waals surface area (Å²) in [7, 11) is 0. The molecule has 0 aromatic carbocycles. The smallest absolute Gasteiger partial charge is 0.128 e. The Labute approximate surface area is 100 Å². The standard InChI is InChI=1S/C12H15N5/c1-2-7-16(8-3-1)12-5-4-11(10-13-12)17-9-6-14-15-17/h4-6,9-10H,1-3,7-8H2. The van der Waals surface area contributed by atoms with Crippen molar-refractivity contribution in [3.8, 4) is 5.69 Å². The van der Waals surface area contributed by atoms with E-state index in [2.05, 4.69) is 26.3 Å². The van der Waals surface area contributed by atoms with Gasteiger partial charge in [0.05, 0.1) is 24.3 Å². The van der Waals surface area contributed by atoms with Gasteiger partial charge in [0.25, 0.3) is 0 Å². The van der Waals surface area contributed by atoms with Crippen LogP contribution < -0.4 is 4.90 Å². The molecule has 3 heterocycles. The Hall–Kier alpha value is -1.91. The van der Waals surface area contributed by atoms with Crippen LogP contribution in [0, 0.1) is 0 Å². The van der Waals surface area contributed by atoms with E-state index in [0.717, 1.165) is 24.6 Å². The molecule has 5 nitrogen and oxygen atoms in total. The summed E-state index contributed by atoms with van der Waals surface area (Å²) in [6, 6.07) is 4.09. The second kappa shape index (κ2) is 4.53. The van der Waals surface area contributed by atoms with Crippen molar-refractivity contribution in [3.05, 3.63) is 30.7 Å². The maximum absolute atomic E-state index is 4.50. The SMILES string of the molecule is c1cn(-c2ccc(N3CCCCC3)nc2)nn1. The predicted molar refractivity (Wildman–Crippen MR) is 65.2 cm³/mol. The van der Waals surface area contributed by atoms with Gasteiger partial charge < -0.3 is 4.90 Å². The van der Waals surface area contributed by atoms with Crippen molar-refractivity contribution < 1.29 is 0 Å². The predicted octanol–water partition coefficient (Wildman–Crippen LogP) is 1.65. The molecule has 0 atom stereocenters. The highest BCUT2D eigenvalue weighted by molar-refractivity contribution is 5.43. The molecule has 0 unspecified atom stereocenters. The van der Waals surface area contributed by atoms with E-state index in [4.69, 9.17) is 0 Å². The first-order valence-corrected chi connectivity index (χ1v) is 6.01. The van der Waals surface area contributed by atoms with Gasteiger partial charge in [0, 0.05) is 13.1 Å². The Kier molecular flexibility index (Phi) is 2.73. The van der Waals surface area contributed by atoms with Gasteiger partial charge in [0.1, 0.15) is 5.82 Å². The molecule has 17 heavy (non-hydrogen) atoms. The average molecular weight is 229 g/mol. The van der Waals surface area contributed by atoms with Crippen LogP contribution in [0.25, 0.3) is 5.69 Å². The number of anilines is 1. The van der Waals surface area contributed by atoms with Crippen molar-refractivity contribution in [1.82, 2.24) is 20.0 Å². The first kappa shape index (κ1) is 10.3. The normalized spacial score (nSPS) is 16.1. The first-order valence-electron chi connectivity index (χ1n) is 6.01. The third-order valence-electron chi connectivity index (χ3n) is 3.10. The Balaban J connectivity index is 1.80. The zero-order valence-electron chi connectivity index (χ0n) is 9.66. The number of piperidine rings is 1. The van der Waals surface area contributed by atoms with E-state index in [9.17, 15) is 0 Å². The number of hydrogen-bond acceptors (Lipinski definition) is 4. The molecule has 5 heteroatoms. The van der Waals surface area contributed by atoms with Gasteiger partial charge in [-0.3, -0.25) is 0 Å². The Morgan fingerprint density at radius 2 is 1.94 bits per heavy atom. The van der Waals surface area contributed by atoms with Crippen molar-refractivity contribution in [1.29, 1.82) is 0 Å². The monoisotopic (exact) mass is 229 g/mol. The Morgan fingerprint density at radius 3 is 2.59 bits per heavy atom. The molecule has 88 valence electrons. The molecule has 0 radical (unpaired) electrons. The third-order valence-corrected chi connectivity index (χ3v) is 3.10. The minimum absolute atomic E-state index is 0.947. The molecule has 0 aliphatic carbocycles. The number of aromatic nitrogens is 4. The number of pyridine rings is 1. The molecule has 0 saturated carbocycles. The van der Waals surface area contributed by atoms with Crippen LogP contribution in [0.5, 0.6) is 0 Å². The zero-order valence-corrected chi connectivity index (χ0v) is 9.66. The fraction of sp³-hybridized carbons (Fsp3) is 0.417. The summed E-state index contributed by atoms with van der Waals surface area (Å²) in [4.78, 5) is 6.84. The quantitative estimate of drug-likeness (QED) is 0.785. The molecular formula is C12H15N5. The van der Waals surface area contributed by atoms with E-state index in [1.807, 2.05) is 18.5 Å². The topological polar surface area (TPSA) is 46.8 Å². The summed E-state index contributed by atoms with van der Waals surface area (Å²) in [6.07, 6.45) is 9.21. The lowest BCUT2D eigenvalue weighted by Gasteiger charge is -2.27. The number of rotatable bonds is 2. The van der Waals surface area contributed by atoms with Gasteiger partial charge >= 0.3 is 0 Å². The highest BCUT2D eigenvalue weighted by Gasteiger charge is 2.11. The minimum atomic E-state index is 0.947. The molecule has 2 aromatic heterocycles. The first-order chi connectivity index (χ1) is 8.43. The van der Waals surface area contributed by atoms with Crippen molar-refractivity contribution in [2.45, 2.75) is 19.3 Å². The molecule has 1 fully saturated rings. The van der Waals surface area contributed by atoms with Crippen molar-refractivity contribution >= 4 is 5.82 Å². The Morgan fingerprint density at radius 1 is 1.06 bits per heavy atom. The fourth-order valence-electron chi connectivity index (χ4n) is 2.17. The highest BCUT2D eigenvalue weighted by Crippen LogP contribution is 2.18. The van der Waals surface area contributed by atoms with Crippen LogP contribution in [0.1, 0.15) is 19.3 Å². The molecule has 1 aliphatic heterocycles. The van der Waals surface area contributed by atoms with Crippen LogP contribution in [-0.2, 0) is 0 Å². The lowest BCUT2D eigenvalue weighted by Crippen LogP contribution is -2.30.